The van der Waals surface area contributed by atoms with Gasteiger partial charge >= 0.3 is 5.97 Å². The molecular formula is C7H11NO3. The molecule has 0 bridgehead atoms. The average molecular weight is 157 g/mol. The third-order valence-corrected chi connectivity index (χ3v) is 1.92. The fourth-order valence-corrected chi connectivity index (χ4v) is 1.19. The molecule has 4 heteroatoms. The van der Waals surface area contributed by atoms with Crippen molar-refractivity contribution in [1.29, 1.82) is 0 Å². The van der Waals surface area contributed by atoms with Gasteiger partial charge in [0, 0.05) is 6.54 Å². The van der Waals surface area contributed by atoms with Crippen LogP contribution in [0, 0.1) is 5.92 Å². The molecule has 1 atom stereocenters. The molecule has 1 rings (SSSR count). The summed E-state index contributed by atoms with van der Waals surface area (Å²) >= 11 is 0. The third-order valence-electron chi connectivity index (χ3n) is 1.92. The first-order valence-corrected chi connectivity index (χ1v) is 3.65. The fraction of sp³-hybridized carbons (Fsp3) is 0.714. The molecule has 0 aliphatic carbocycles. The predicted octanol–water partition coefficient (Wildman–Crippen LogP) is -0.0606. The molecule has 0 aromatic carbocycles. The van der Waals surface area contributed by atoms with Gasteiger partial charge in [0.1, 0.15) is 6.54 Å². The van der Waals surface area contributed by atoms with E-state index in [1.807, 2.05) is 6.92 Å². The Morgan fingerprint density at radius 3 is 2.82 bits per heavy atom. The SMILES string of the molecule is CCC1CN(CC(=O)O)C1=O. The standard InChI is InChI=1S/C7H11NO3/c1-2-5-3-8(7(5)11)4-6(9)10/h5H,2-4H2,1H3,(H,9,10). The van der Waals surface area contributed by atoms with Gasteiger partial charge in [-0.15, -0.1) is 0 Å². The van der Waals surface area contributed by atoms with E-state index in [9.17, 15) is 9.59 Å². The number of rotatable bonds is 3. The topological polar surface area (TPSA) is 57.6 Å². The fourth-order valence-electron chi connectivity index (χ4n) is 1.19. The monoisotopic (exact) mass is 157 g/mol. The van der Waals surface area contributed by atoms with Gasteiger partial charge in [0.2, 0.25) is 5.91 Å². The summed E-state index contributed by atoms with van der Waals surface area (Å²) in [6.45, 7) is 2.40. The molecular weight excluding hydrogens is 146 g/mol. The first-order chi connectivity index (χ1) is 5.15. The number of carboxylic acid groups (broad SMARTS) is 1. The van der Waals surface area contributed by atoms with Crippen molar-refractivity contribution in [1.82, 2.24) is 4.90 Å². The zero-order valence-corrected chi connectivity index (χ0v) is 6.41. The summed E-state index contributed by atoms with van der Waals surface area (Å²) < 4.78 is 0. The van der Waals surface area contributed by atoms with Crippen LogP contribution in [-0.2, 0) is 9.59 Å². The Morgan fingerprint density at radius 2 is 2.45 bits per heavy atom. The molecule has 1 N–H and O–H groups in total. The number of β-lactam (4-membered cyclic amide) rings is 1. The Morgan fingerprint density at radius 1 is 1.82 bits per heavy atom. The Labute approximate surface area is 64.8 Å². The molecule has 1 saturated heterocycles. The number of hydrogen-bond acceptors (Lipinski definition) is 2. The van der Waals surface area contributed by atoms with Crippen molar-refractivity contribution in [2.24, 2.45) is 5.92 Å². The number of carbonyl (C=O) groups is 2. The van der Waals surface area contributed by atoms with Crippen LogP contribution in [0.15, 0.2) is 0 Å². The number of nitrogens with zero attached hydrogens (tertiary/aromatic N) is 1. The molecule has 62 valence electrons. The summed E-state index contributed by atoms with van der Waals surface area (Å²) in [5.74, 6) is -0.878. The summed E-state index contributed by atoms with van der Waals surface area (Å²) in [7, 11) is 0. The summed E-state index contributed by atoms with van der Waals surface area (Å²) in [6.07, 6.45) is 0.814. The van der Waals surface area contributed by atoms with Gasteiger partial charge in [-0.25, -0.2) is 0 Å². The summed E-state index contributed by atoms with van der Waals surface area (Å²) in [5, 5.41) is 8.33. The molecule has 0 aromatic heterocycles. The molecule has 4 nitrogen and oxygen atoms in total. The van der Waals surface area contributed by atoms with Gasteiger partial charge in [0.05, 0.1) is 5.92 Å². The molecule has 11 heavy (non-hydrogen) atoms. The van der Waals surface area contributed by atoms with Crippen LogP contribution in [-0.4, -0.2) is 35.0 Å². The van der Waals surface area contributed by atoms with Crippen molar-refractivity contribution in [3.63, 3.8) is 0 Å². The van der Waals surface area contributed by atoms with Crippen LogP contribution in [0.1, 0.15) is 13.3 Å². The van der Waals surface area contributed by atoms with E-state index < -0.39 is 5.97 Å². The smallest absolute Gasteiger partial charge is 0.323 e. The van der Waals surface area contributed by atoms with Crippen molar-refractivity contribution in [2.75, 3.05) is 13.1 Å². The van der Waals surface area contributed by atoms with Crippen LogP contribution in [0.2, 0.25) is 0 Å². The number of hydrogen-bond donors (Lipinski definition) is 1. The predicted molar refractivity (Wildman–Crippen MR) is 38.0 cm³/mol. The highest BCUT2D eigenvalue weighted by Crippen LogP contribution is 2.19. The second-order valence-corrected chi connectivity index (χ2v) is 2.72. The Balaban J connectivity index is 2.33. The highest BCUT2D eigenvalue weighted by Gasteiger charge is 2.35. The van der Waals surface area contributed by atoms with E-state index >= 15 is 0 Å². The van der Waals surface area contributed by atoms with E-state index in [1.54, 1.807) is 0 Å². The van der Waals surface area contributed by atoms with Gasteiger partial charge in [-0.1, -0.05) is 6.92 Å². The van der Waals surface area contributed by atoms with Gasteiger partial charge in [0.15, 0.2) is 0 Å². The van der Waals surface area contributed by atoms with Gasteiger partial charge in [-0.2, -0.15) is 0 Å². The van der Waals surface area contributed by atoms with E-state index in [2.05, 4.69) is 0 Å². The molecule has 1 fully saturated rings. The number of likely N-dealkylation sites (tertiary alicyclic amines) is 1. The van der Waals surface area contributed by atoms with E-state index in [1.165, 1.54) is 4.90 Å². The van der Waals surface area contributed by atoms with Crippen LogP contribution >= 0.6 is 0 Å². The number of carboxylic acids is 1. The molecule has 1 aliphatic rings. The maximum Gasteiger partial charge on any atom is 0.323 e. The van der Waals surface area contributed by atoms with Crippen LogP contribution in [0.5, 0.6) is 0 Å². The first-order valence-electron chi connectivity index (χ1n) is 3.65. The van der Waals surface area contributed by atoms with Crippen molar-refractivity contribution in [3.8, 4) is 0 Å². The maximum atomic E-state index is 11.0. The molecule has 0 aromatic rings. The second-order valence-electron chi connectivity index (χ2n) is 2.72. The third kappa shape index (κ3) is 1.50. The zero-order valence-electron chi connectivity index (χ0n) is 6.41. The van der Waals surface area contributed by atoms with E-state index in [0.717, 1.165) is 6.42 Å². The van der Waals surface area contributed by atoms with Crippen LogP contribution in [0.25, 0.3) is 0 Å². The highest BCUT2D eigenvalue weighted by atomic mass is 16.4. The summed E-state index contributed by atoms with van der Waals surface area (Å²) in [6, 6.07) is 0. The van der Waals surface area contributed by atoms with Gasteiger partial charge < -0.3 is 10.0 Å². The van der Waals surface area contributed by atoms with Crippen LogP contribution in [0.3, 0.4) is 0 Å². The molecule has 1 unspecified atom stereocenters. The van der Waals surface area contributed by atoms with E-state index in [0.29, 0.717) is 6.54 Å². The Bertz CT molecular complexity index is 190. The highest BCUT2D eigenvalue weighted by molar-refractivity contribution is 5.87. The molecule has 0 saturated carbocycles. The lowest BCUT2D eigenvalue weighted by atomic mass is 9.96. The second kappa shape index (κ2) is 2.90. The van der Waals surface area contributed by atoms with Crippen molar-refractivity contribution in [3.05, 3.63) is 0 Å². The van der Waals surface area contributed by atoms with Crippen molar-refractivity contribution >= 4 is 11.9 Å². The largest absolute Gasteiger partial charge is 0.480 e. The van der Waals surface area contributed by atoms with E-state index in [-0.39, 0.29) is 18.4 Å². The number of amides is 1. The minimum absolute atomic E-state index is 0.0186. The lowest BCUT2D eigenvalue weighted by Crippen LogP contribution is -2.53. The lowest BCUT2D eigenvalue weighted by Gasteiger charge is -2.36. The van der Waals surface area contributed by atoms with Crippen molar-refractivity contribution in [2.45, 2.75) is 13.3 Å². The molecule has 1 aliphatic heterocycles. The van der Waals surface area contributed by atoms with Crippen molar-refractivity contribution < 1.29 is 14.7 Å². The first kappa shape index (κ1) is 8.04. The minimum Gasteiger partial charge on any atom is -0.480 e. The average Bonchev–Trinajstić information content (AvgIpc) is 1.96. The number of aliphatic carboxylic acids is 1. The van der Waals surface area contributed by atoms with Crippen LogP contribution in [0.4, 0.5) is 0 Å². The molecule has 0 spiro atoms. The number of carbonyl (C=O) groups excluding carboxylic acids is 1. The van der Waals surface area contributed by atoms with Gasteiger partial charge in [0.25, 0.3) is 0 Å². The van der Waals surface area contributed by atoms with Gasteiger partial charge in [-0.3, -0.25) is 9.59 Å². The molecule has 0 radical (unpaired) electrons. The Kier molecular flexibility index (Phi) is 2.12. The minimum atomic E-state index is -0.937. The van der Waals surface area contributed by atoms with Gasteiger partial charge in [-0.05, 0) is 6.42 Å². The summed E-state index contributed by atoms with van der Waals surface area (Å²) in [5.41, 5.74) is 0. The molecule has 1 amide bonds. The lowest BCUT2D eigenvalue weighted by molar-refractivity contribution is -0.155. The normalized spacial score (nSPS) is 23.2. The maximum absolute atomic E-state index is 11.0. The van der Waals surface area contributed by atoms with Crippen LogP contribution < -0.4 is 0 Å². The van der Waals surface area contributed by atoms with E-state index in [4.69, 9.17) is 5.11 Å². The zero-order chi connectivity index (χ0) is 8.43. The Hall–Kier alpha value is -1.06. The quantitative estimate of drug-likeness (QED) is 0.584. The summed E-state index contributed by atoms with van der Waals surface area (Å²) in [4.78, 5) is 22.5. The molecule has 1 heterocycles.